The van der Waals surface area contributed by atoms with Gasteiger partial charge in [-0.1, -0.05) is 12.1 Å². The summed E-state index contributed by atoms with van der Waals surface area (Å²) in [5, 5.41) is 5.64. The van der Waals surface area contributed by atoms with Crippen LogP contribution in [0.1, 0.15) is 52.0 Å². The third-order valence-corrected chi connectivity index (χ3v) is 5.96. The number of carbonyl (C=O) groups is 4. The zero-order valence-electron chi connectivity index (χ0n) is 16.6. The lowest BCUT2D eigenvalue weighted by atomic mass is 9.98. The molecule has 0 aromatic heterocycles. The van der Waals surface area contributed by atoms with Crippen molar-refractivity contribution in [3.63, 3.8) is 0 Å². The number of imide groups is 2. The average molecular weight is 398 g/mol. The molecule has 8 nitrogen and oxygen atoms in total. The van der Waals surface area contributed by atoms with Crippen LogP contribution in [0, 0.1) is 5.92 Å². The van der Waals surface area contributed by atoms with Gasteiger partial charge in [0.15, 0.2) is 0 Å². The predicted octanol–water partition coefficient (Wildman–Crippen LogP) is 0.519. The molecule has 2 atom stereocenters. The van der Waals surface area contributed by atoms with Gasteiger partial charge in [-0.2, -0.15) is 0 Å². The molecule has 4 amide bonds. The standard InChI is InChI=1S/C21H26N4O4/c1-24(11-13-4-3-9-22-10-13)12-14-5-2-6-15-18(14)21(29)25(20(15)28)16-7-8-17(26)23-19(16)27/h2,5-6,13,16,22H,3-4,7-12H2,1H3,(H,23,26,27). The van der Waals surface area contributed by atoms with Gasteiger partial charge >= 0.3 is 0 Å². The lowest BCUT2D eigenvalue weighted by molar-refractivity contribution is -0.136. The molecular weight excluding hydrogens is 372 g/mol. The fourth-order valence-electron chi connectivity index (χ4n) is 4.59. The van der Waals surface area contributed by atoms with Crippen molar-refractivity contribution in [1.29, 1.82) is 0 Å². The molecule has 3 heterocycles. The van der Waals surface area contributed by atoms with Crippen molar-refractivity contribution in [2.75, 3.05) is 26.7 Å². The van der Waals surface area contributed by atoms with Gasteiger partial charge in [0, 0.05) is 19.5 Å². The van der Waals surface area contributed by atoms with Gasteiger partial charge in [0.05, 0.1) is 11.1 Å². The van der Waals surface area contributed by atoms with Gasteiger partial charge in [-0.3, -0.25) is 29.4 Å². The second-order valence-corrected chi connectivity index (χ2v) is 8.20. The minimum absolute atomic E-state index is 0.120. The predicted molar refractivity (Wildman–Crippen MR) is 105 cm³/mol. The summed E-state index contributed by atoms with van der Waals surface area (Å²) in [4.78, 5) is 52.9. The molecule has 3 aliphatic heterocycles. The highest BCUT2D eigenvalue weighted by Gasteiger charge is 2.45. The third-order valence-electron chi connectivity index (χ3n) is 5.96. The zero-order chi connectivity index (χ0) is 20.5. The van der Waals surface area contributed by atoms with Crippen LogP contribution < -0.4 is 10.6 Å². The topological polar surface area (TPSA) is 98.8 Å². The second kappa shape index (κ2) is 8.04. The van der Waals surface area contributed by atoms with Gasteiger partial charge in [0.2, 0.25) is 11.8 Å². The molecule has 2 N–H and O–H groups in total. The zero-order valence-corrected chi connectivity index (χ0v) is 16.6. The second-order valence-electron chi connectivity index (χ2n) is 8.20. The van der Waals surface area contributed by atoms with E-state index in [4.69, 9.17) is 0 Å². The number of hydrogen-bond acceptors (Lipinski definition) is 6. The van der Waals surface area contributed by atoms with Gasteiger partial charge in [-0.05, 0) is 56.9 Å². The van der Waals surface area contributed by atoms with Crippen LogP contribution in [0.3, 0.4) is 0 Å². The molecule has 4 rings (SSSR count). The van der Waals surface area contributed by atoms with Crippen molar-refractivity contribution in [3.05, 3.63) is 34.9 Å². The molecule has 1 aromatic carbocycles. The Morgan fingerprint density at radius 1 is 1.14 bits per heavy atom. The molecule has 29 heavy (non-hydrogen) atoms. The number of hydrogen-bond donors (Lipinski definition) is 2. The Kier molecular flexibility index (Phi) is 5.47. The number of carbonyl (C=O) groups excluding carboxylic acids is 4. The van der Waals surface area contributed by atoms with Gasteiger partial charge < -0.3 is 10.2 Å². The molecule has 154 valence electrons. The maximum atomic E-state index is 13.1. The summed E-state index contributed by atoms with van der Waals surface area (Å²) in [6.07, 6.45) is 2.65. The first kappa shape index (κ1) is 19.7. The van der Waals surface area contributed by atoms with E-state index in [2.05, 4.69) is 15.5 Å². The van der Waals surface area contributed by atoms with Crippen LogP contribution in [0.2, 0.25) is 0 Å². The smallest absolute Gasteiger partial charge is 0.262 e. The first-order valence-corrected chi connectivity index (χ1v) is 10.2. The molecular formula is C21H26N4O4. The van der Waals surface area contributed by atoms with Gasteiger partial charge in [0.1, 0.15) is 6.04 Å². The maximum absolute atomic E-state index is 13.1. The first-order chi connectivity index (χ1) is 14.0. The number of piperidine rings is 2. The van der Waals surface area contributed by atoms with Crippen LogP contribution in [0.25, 0.3) is 0 Å². The van der Waals surface area contributed by atoms with E-state index in [1.807, 2.05) is 13.1 Å². The fourth-order valence-corrected chi connectivity index (χ4v) is 4.59. The molecule has 2 unspecified atom stereocenters. The normalized spacial score (nSPS) is 24.8. The van der Waals surface area contributed by atoms with Crippen molar-refractivity contribution >= 4 is 23.6 Å². The lowest BCUT2D eigenvalue weighted by Gasteiger charge is -2.28. The number of rotatable bonds is 5. The summed E-state index contributed by atoms with van der Waals surface area (Å²) in [6.45, 7) is 3.54. The molecule has 3 aliphatic rings. The van der Waals surface area contributed by atoms with Crippen LogP contribution in [0.4, 0.5) is 0 Å². The molecule has 0 spiro atoms. The monoisotopic (exact) mass is 398 g/mol. The summed E-state index contributed by atoms with van der Waals surface area (Å²) in [7, 11) is 2.02. The van der Waals surface area contributed by atoms with Crippen LogP contribution in [0.15, 0.2) is 18.2 Å². The van der Waals surface area contributed by atoms with Crippen molar-refractivity contribution < 1.29 is 19.2 Å². The maximum Gasteiger partial charge on any atom is 0.262 e. The fraction of sp³-hybridized carbons (Fsp3) is 0.524. The van der Waals surface area contributed by atoms with E-state index in [1.165, 1.54) is 12.8 Å². The number of amides is 4. The van der Waals surface area contributed by atoms with Crippen LogP contribution in [0.5, 0.6) is 0 Å². The van der Waals surface area contributed by atoms with E-state index in [0.717, 1.165) is 30.1 Å². The number of nitrogens with zero attached hydrogens (tertiary/aromatic N) is 2. The molecule has 2 fully saturated rings. The first-order valence-electron chi connectivity index (χ1n) is 10.2. The van der Waals surface area contributed by atoms with E-state index >= 15 is 0 Å². The van der Waals surface area contributed by atoms with E-state index < -0.39 is 23.8 Å². The Labute approximate surface area is 169 Å². The summed E-state index contributed by atoms with van der Waals surface area (Å²) in [5.41, 5.74) is 1.52. The Morgan fingerprint density at radius 2 is 1.97 bits per heavy atom. The summed E-state index contributed by atoms with van der Waals surface area (Å²) in [5.74, 6) is -1.28. The summed E-state index contributed by atoms with van der Waals surface area (Å²) < 4.78 is 0. The van der Waals surface area contributed by atoms with Crippen LogP contribution >= 0.6 is 0 Å². The third kappa shape index (κ3) is 3.82. The minimum Gasteiger partial charge on any atom is -0.316 e. The molecule has 0 radical (unpaired) electrons. The quantitative estimate of drug-likeness (QED) is 0.702. The highest BCUT2D eigenvalue weighted by atomic mass is 16.2. The molecule has 0 saturated carbocycles. The van der Waals surface area contributed by atoms with Gasteiger partial charge in [-0.15, -0.1) is 0 Å². The van der Waals surface area contributed by atoms with Gasteiger partial charge in [0.25, 0.3) is 11.8 Å². The van der Waals surface area contributed by atoms with Crippen molar-refractivity contribution in [3.8, 4) is 0 Å². The summed E-state index contributed by atoms with van der Waals surface area (Å²) >= 11 is 0. The van der Waals surface area contributed by atoms with E-state index in [0.29, 0.717) is 23.6 Å². The van der Waals surface area contributed by atoms with E-state index in [-0.39, 0.29) is 18.7 Å². The molecule has 2 saturated heterocycles. The lowest BCUT2D eigenvalue weighted by Crippen LogP contribution is -2.54. The SMILES string of the molecule is CN(Cc1cccc2c1C(=O)N(C1CCC(=O)NC1=O)C2=O)CC1CCCNC1. The number of benzene rings is 1. The minimum atomic E-state index is -0.931. The Hall–Kier alpha value is -2.58. The van der Waals surface area contributed by atoms with E-state index in [9.17, 15) is 19.2 Å². The van der Waals surface area contributed by atoms with Crippen molar-refractivity contribution in [2.24, 2.45) is 5.92 Å². The number of fused-ring (bicyclic) bond motifs is 1. The average Bonchev–Trinajstić information content (AvgIpc) is 2.94. The summed E-state index contributed by atoms with van der Waals surface area (Å²) in [6, 6.07) is 4.35. The highest BCUT2D eigenvalue weighted by Crippen LogP contribution is 2.30. The molecule has 1 aromatic rings. The molecule has 0 aliphatic carbocycles. The largest absolute Gasteiger partial charge is 0.316 e. The molecule has 0 bridgehead atoms. The number of nitrogens with one attached hydrogen (secondary N) is 2. The Bertz CT molecular complexity index is 862. The van der Waals surface area contributed by atoms with Crippen molar-refractivity contribution in [1.82, 2.24) is 20.4 Å². The Balaban J connectivity index is 1.53. The molecule has 8 heteroatoms. The van der Waals surface area contributed by atoms with Crippen molar-refractivity contribution in [2.45, 2.75) is 38.3 Å². The van der Waals surface area contributed by atoms with Crippen LogP contribution in [-0.4, -0.2) is 66.2 Å². The van der Waals surface area contributed by atoms with Gasteiger partial charge in [-0.25, -0.2) is 0 Å². The van der Waals surface area contributed by atoms with E-state index in [1.54, 1.807) is 12.1 Å². The highest BCUT2D eigenvalue weighted by molar-refractivity contribution is 6.24. The van der Waals surface area contributed by atoms with Crippen LogP contribution in [-0.2, 0) is 16.1 Å². The Morgan fingerprint density at radius 3 is 2.69 bits per heavy atom.